The van der Waals surface area contributed by atoms with Gasteiger partial charge in [-0.3, -0.25) is 0 Å². The van der Waals surface area contributed by atoms with E-state index < -0.39 is 12.2 Å². The van der Waals surface area contributed by atoms with Gasteiger partial charge in [-0.05, 0) is 17.9 Å². The third kappa shape index (κ3) is 2.72. The SMILES string of the molecule is O=C1C=C(Br)[C@@H]([C@@H](O)C2SCCCS2)O1. The van der Waals surface area contributed by atoms with Crippen LogP contribution < -0.4 is 0 Å². The summed E-state index contributed by atoms with van der Waals surface area (Å²) < 4.78 is 5.79. The van der Waals surface area contributed by atoms with Gasteiger partial charge < -0.3 is 9.84 Å². The van der Waals surface area contributed by atoms with E-state index >= 15 is 0 Å². The van der Waals surface area contributed by atoms with Gasteiger partial charge in [0.15, 0.2) is 6.10 Å². The first-order valence-electron chi connectivity index (χ1n) is 4.67. The molecule has 0 spiro atoms. The molecule has 0 saturated carbocycles. The lowest BCUT2D eigenvalue weighted by atomic mass is 10.2. The summed E-state index contributed by atoms with van der Waals surface area (Å²) in [6.45, 7) is 0. The molecule has 2 aliphatic heterocycles. The van der Waals surface area contributed by atoms with Gasteiger partial charge in [-0.1, -0.05) is 15.9 Å². The molecule has 2 heterocycles. The Balaban J connectivity index is 1.98. The first-order valence-corrected chi connectivity index (χ1v) is 7.56. The van der Waals surface area contributed by atoms with Crippen LogP contribution in [0.1, 0.15) is 6.42 Å². The Morgan fingerprint density at radius 3 is 2.73 bits per heavy atom. The van der Waals surface area contributed by atoms with Crippen molar-refractivity contribution in [3.8, 4) is 0 Å². The van der Waals surface area contributed by atoms with Gasteiger partial charge in [0.05, 0.1) is 4.58 Å². The average Bonchev–Trinajstić information content (AvgIpc) is 2.58. The molecule has 0 amide bonds. The highest BCUT2D eigenvalue weighted by Gasteiger charge is 2.37. The summed E-state index contributed by atoms with van der Waals surface area (Å²) in [5, 5.41) is 10.1. The number of aliphatic hydroxyl groups excluding tert-OH is 1. The van der Waals surface area contributed by atoms with E-state index in [1.165, 1.54) is 12.5 Å². The molecule has 6 heteroatoms. The van der Waals surface area contributed by atoms with Crippen molar-refractivity contribution in [2.75, 3.05) is 11.5 Å². The molecule has 1 N–H and O–H groups in total. The van der Waals surface area contributed by atoms with Crippen LogP contribution in [0.2, 0.25) is 0 Å². The summed E-state index contributed by atoms with van der Waals surface area (Å²) in [5.74, 6) is 1.75. The predicted octanol–water partition coefficient (Wildman–Crippen LogP) is 1.75. The molecular formula is C9H11BrO3S2. The Kier molecular flexibility index (Phi) is 4.04. The van der Waals surface area contributed by atoms with Crippen LogP contribution >= 0.6 is 39.5 Å². The average molecular weight is 311 g/mol. The van der Waals surface area contributed by atoms with Gasteiger partial charge in [-0.2, -0.15) is 0 Å². The van der Waals surface area contributed by atoms with Gasteiger partial charge in [0.1, 0.15) is 6.10 Å². The summed E-state index contributed by atoms with van der Waals surface area (Å²) in [4.78, 5) is 11.0. The third-order valence-corrected chi connectivity index (χ3v) is 5.97. The fraction of sp³-hybridized carbons (Fsp3) is 0.667. The number of ether oxygens (including phenoxy) is 1. The molecule has 0 radical (unpaired) electrons. The third-order valence-electron chi connectivity index (χ3n) is 2.21. The Labute approximate surface area is 105 Å². The molecule has 3 nitrogen and oxygen atoms in total. The standard InChI is InChI=1S/C9H11BrO3S2/c10-5-4-6(11)13-8(5)7(12)9-14-2-1-3-15-9/h4,7-9,12H,1-3H2/t7-,8+/m1/s1. The van der Waals surface area contributed by atoms with E-state index in [1.807, 2.05) is 0 Å². The second-order valence-electron chi connectivity index (χ2n) is 3.34. The Morgan fingerprint density at radius 1 is 1.53 bits per heavy atom. The lowest BCUT2D eigenvalue weighted by Gasteiger charge is -2.28. The maximum atomic E-state index is 11.0. The van der Waals surface area contributed by atoms with Crippen molar-refractivity contribution in [2.45, 2.75) is 23.2 Å². The van der Waals surface area contributed by atoms with Gasteiger partial charge in [0.2, 0.25) is 0 Å². The van der Waals surface area contributed by atoms with Crippen LogP contribution in [0.5, 0.6) is 0 Å². The predicted molar refractivity (Wildman–Crippen MR) is 66.2 cm³/mol. The highest BCUT2D eigenvalue weighted by Crippen LogP contribution is 2.37. The Morgan fingerprint density at radius 2 is 2.20 bits per heavy atom. The molecule has 84 valence electrons. The zero-order valence-corrected chi connectivity index (χ0v) is 11.1. The molecule has 0 aromatic rings. The summed E-state index contributed by atoms with van der Waals surface area (Å²) >= 11 is 6.72. The van der Waals surface area contributed by atoms with E-state index in [0.717, 1.165) is 11.5 Å². The molecule has 0 aliphatic carbocycles. The largest absolute Gasteiger partial charge is 0.451 e. The lowest BCUT2D eigenvalue weighted by molar-refractivity contribution is -0.142. The van der Waals surface area contributed by atoms with Gasteiger partial charge >= 0.3 is 5.97 Å². The molecule has 0 aromatic carbocycles. The number of esters is 1. The van der Waals surface area contributed by atoms with E-state index in [1.54, 1.807) is 23.5 Å². The van der Waals surface area contributed by atoms with Crippen molar-refractivity contribution in [3.05, 3.63) is 10.6 Å². The number of aliphatic hydroxyl groups is 1. The fourth-order valence-electron chi connectivity index (χ4n) is 1.49. The van der Waals surface area contributed by atoms with Crippen LogP contribution in [-0.4, -0.2) is 39.4 Å². The fourth-order valence-corrected chi connectivity index (χ4v) is 4.95. The van der Waals surface area contributed by atoms with E-state index in [-0.39, 0.29) is 10.6 Å². The van der Waals surface area contributed by atoms with Gasteiger partial charge in [-0.15, -0.1) is 23.5 Å². The second-order valence-corrected chi connectivity index (χ2v) is 7.05. The molecular weight excluding hydrogens is 300 g/mol. The van der Waals surface area contributed by atoms with E-state index in [9.17, 15) is 9.90 Å². The van der Waals surface area contributed by atoms with E-state index in [0.29, 0.717) is 4.48 Å². The smallest absolute Gasteiger partial charge is 0.332 e. The second kappa shape index (κ2) is 5.12. The summed E-state index contributed by atoms with van der Waals surface area (Å²) in [6, 6.07) is 0. The molecule has 2 rings (SSSR count). The van der Waals surface area contributed by atoms with Gasteiger partial charge in [0.25, 0.3) is 0 Å². The molecule has 2 atom stereocenters. The normalized spacial score (nSPS) is 29.9. The summed E-state index contributed by atoms with van der Waals surface area (Å²) in [6.07, 6.45) is 1.42. The summed E-state index contributed by atoms with van der Waals surface area (Å²) in [7, 11) is 0. The number of cyclic esters (lactones) is 1. The molecule has 0 bridgehead atoms. The number of halogens is 1. The van der Waals surface area contributed by atoms with Crippen molar-refractivity contribution in [3.63, 3.8) is 0 Å². The van der Waals surface area contributed by atoms with Crippen molar-refractivity contribution < 1.29 is 14.6 Å². The maximum absolute atomic E-state index is 11.0. The molecule has 0 aromatic heterocycles. The topological polar surface area (TPSA) is 46.5 Å². The van der Waals surface area contributed by atoms with Crippen LogP contribution in [0.25, 0.3) is 0 Å². The van der Waals surface area contributed by atoms with Gasteiger partial charge in [-0.25, -0.2) is 4.79 Å². The number of hydrogen-bond donors (Lipinski definition) is 1. The molecule has 0 unspecified atom stereocenters. The zero-order valence-electron chi connectivity index (χ0n) is 7.89. The molecule has 1 saturated heterocycles. The van der Waals surface area contributed by atoms with Crippen molar-refractivity contribution >= 4 is 45.4 Å². The van der Waals surface area contributed by atoms with Crippen molar-refractivity contribution in [1.82, 2.24) is 0 Å². The van der Waals surface area contributed by atoms with Crippen LogP contribution in [-0.2, 0) is 9.53 Å². The minimum absolute atomic E-state index is 0.107. The highest BCUT2D eigenvalue weighted by molar-refractivity contribution is 9.11. The lowest BCUT2D eigenvalue weighted by Crippen LogP contribution is -2.36. The van der Waals surface area contributed by atoms with Crippen LogP contribution in [0.4, 0.5) is 0 Å². The van der Waals surface area contributed by atoms with Crippen LogP contribution in [0, 0.1) is 0 Å². The zero-order chi connectivity index (χ0) is 10.8. The monoisotopic (exact) mass is 310 g/mol. The van der Waals surface area contributed by atoms with Crippen LogP contribution in [0.15, 0.2) is 10.6 Å². The number of thioether (sulfide) groups is 2. The highest BCUT2D eigenvalue weighted by atomic mass is 79.9. The minimum Gasteiger partial charge on any atom is -0.451 e. The van der Waals surface area contributed by atoms with Crippen LogP contribution in [0.3, 0.4) is 0 Å². The molecule has 1 fully saturated rings. The number of rotatable bonds is 2. The van der Waals surface area contributed by atoms with Crippen molar-refractivity contribution in [2.24, 2.45) is 0 Å². The van der Waals surface area contributed by atoms with Gasteiger partial charge in [0, 0.05) is 10.6 Å². The Hall–Kier alpha value is 0.350. The minimum atomic E-state index is -0.627. The number of carbonyl (C=O) groups excluding carboxylic acids is 1. The number of hydrogen-bond acceptors (Lipinski definition) is 5. The summed E-state index contributed by atoms with van der Waals surface area (Å²) in [5.41, 5.74) is 0. The van der Waals surface area contributed by atoms with Crippen molar-refractivity contribution in [1.29, 1.82) is 0 Å². The maximum Gasteiger partial charge on any atom is 0.332 e. The van der Waals surface area contributed by atoms with E-state index in [2.05, 4.69) is 15.9 Å². The molecule has 15 heavy (non-hydrogen) atoms. The molecule has 2 aliphatic rings. The number of carbonyl (C=O) groups is 1. The van der Waals surface area contributed by atoms with E-state index in [4.69, 9.17) is 4.74 Å². The quantitative estimate of drug-likeness (QED) is 0.787. The first kappa shape index (κ1) is 11.8. The Bertz CT molecular complexity index is 289. The first-order chi connectivity index (χ1) is 7.18.